The number of nitrogens with zero attached hydrogens (tertiary/aromatic N) is 2. The Balaban J connectivity index is 1.91. The van der Waals surface area contributed by atoms with Gasteiger partial charge >= 0.3 is 12.8 Å². The first-order valence-electron chi connectivity index (χ1n) is 8.87. The molecule has 2 aromatic heterocycles. The van der Waals surface area contributed by atoms with Gasteiger partial charge in [-0.25, -0.2) is 13.8 Å². The molecule has 0 radical (unpaired) electrons. The van der Waals surface area contributed by atoms with Gasteiger partial charge in [-0.3, -0.25) is 10.3 Å². The van der Waals surface area contributed by atoms with Crippen LogP contribution in [-0.4, -0.2) is 29.9 Å². The van der Waals surface area contributed by atoms with E-state index in [-0.39, 0.29) is 31.0 Å². The molecule has 2 aromatic rings. The van der Waals surface area contributed by atoms with Crippen LogP contribution in [0.5, 0.6) is 5.75 Å². The zero-order valence-corrected chi connectivity index (χ0v) is 16.1. The van der Waals surface area contributed by atoms with E-state index in [1.165, 1.54) is 0 Å². The first-order chi connectivity index (χ1) is 14.4. The van der Waals surface area contributed by atoms with E-state index in [9.17, 15) is 30.7 Å². The fourth-order valence-electron chi connectivity index (χ4n) is 3.77. The largest absolute Gasteiger partial charge is 0.432 e. The number of alkyl halides is 7. The minimum atomic E-state index is -4.87. The summed E-state index contributed by atoms with van der Waals surface area (Å²) >= 11 is 6.05. The summed E-state index contributed by atoms with van der Waals surface area (Å²) < 4.78 is 103. The second-order valence-electron chi connectivity index (χ2n) is 7.12. The summed E-state index contributed by atoms with van der Waals surface area (Å²) in [4.78, 5) is 7.39. The van der Waals surface area contributed by atoms with Gasteiger partial charge in [-0.1, -0.05) is 11.6 Å². The minimum absolute atomic E-state index is 0.0148. The average Bonchev–Trinajstić information content (AvgIpc) is 3.13. The predicted molar refractivity (Wildman–Crippen MR) is 92.9 cm³/mol. The number of fused-ring (bicyclic) bond motifs is 2. The smallest absolute Gasteiger partial charge is 0.418 e. The summed E-state index contributed by atoms with van der Waals surface area (Å²) in [5, 5.41) is 2.37. The van der Waals surface area contributed by atoms with Gasteiger partial charge < -0.3 is 9.47 Å². The van der Waals surface area contributed by atoms with E-state index in [0.29, 0.717) is 12.3 Å². The molecule has 1 aliphatic heterocycles. The molecule has 1 atom stereocenters. The Bertz CT molecular complexity index is 1010. The van der Waals surface area contributed by atoms with Crippen LogP contribution < -0.4 is 10.1 Å². The van der Waals surface area contributed by atoms with Gasteiger partial charge in [0.15, 0.2) is 5.75 Å². The van der Waals surface area contributed by atoms with Crippen LogP contribution in [0.4, 0.5) is 30.7 Å². The first kappa shape index (κ1) is 22.0. The maximum Gasteiger partial charge on any atom is 0.418 e. The number of halogens is 8. The van der Waals surface area contributed by atoms with E-state index in [2.05, 4.69) is 20.0 Å². The van der Waals surface area contributed by atoms with Gasteiger partial charge in [0.25, 0.3) is 5.92 Å². The molecular formula is C18H13ClF7N3O2. The predicted octanol–water partition coefficient (Wildman–Crippen LogP) is 5.08. The van der Waals surface area contributed by atoms with E-state index in [0.717, 1.165) is 6.07 Å². The van der Waals surface area contributed by atoms with Gasteiger partial charge in [-0.2, -0.15) is 22.0 Å². The van der Waals surface area contributed by atoms with Gasteiger partial charge in [-0.05, 0) is 24.1 Å². The summed E-state index contributed by atoms with van der Waals surface area (Å²) in [6.07, 6.45) is -5.02. The lowest BCUT2D eigenvalue weighted by molar-refractivity contribution is -0.138. The van der Waals surface area contributed by atoms with Crippen LogP contribution >= 0.6 is 11.6 Å². The van der Waals surface area contributed by atoms with Gasteiger partial charge in [0.2, 0.25) is 0 Å². The molecule has 0 amide bonds. The Labute approximate surface area is 175 Å². The lowest BCUT2D eigenvalue weighted by atomic mass is 9.76. The molecule has 1 aliphatic carbocycles. The van der Waals surface area contributed by atoms with Crippen molar-refractivity contribution in [1.29, 1.82) is 0 Å². The van der Waals surface area contributed by atoms with Crippen LogP contribution in [0.1, 0.15) is 29.5 Å². The van der Waals surface area contributed by atoms with Crippen molar-refractivity contribution in [3.8, 4) is 17.1 Å². The summed E-state index contributed by atoms with van der Waals surface area (Å²) in [5.74, 6) is -4.23. The van der Waals surface area contributed by atoms with Crippen LogP contribution in [0.2, 0.25) is 5.15 Å². The molecule has 1 spiro atoms. The van der Waals surface area contributed by atoms with E-state index in [4.69, 9.17) is 16.3 Å². The van der Waals surface area contributed by atoms with E-state index >= 15 is 0 Å². The van der Waals surface area contributed by atoms with Crippen LogP contribution in [-0.2, 0) is 22.4 Å². The molecule has 0 bridgehead atoms. The van der Waals surface area contributed by atoms with Crippen LogP contribution in [0.3, 0.4) is 0 Å². The van der Waals surface area contributed by atoms with Crippen LogP contribution in [0, 0.1) is 0 Å². The zero-order chi connectivity index (χ0) is 22.6. The highest BCUT2D eigenvalue weighted by Gasteiger charge is 2.51. The Hall–Kier alpha value is -2.18. The zero-order valence-electron chi connectivity index (χ0n) is 15.4. The molecule has 31 heavy (non-hydrogen) atoms. The van der Waals surface area contributed by atoms with Crippen molar-refractivity contribution in [2.24, 2.45) is 0 Å². The van der Waals surface area contributed by atoms with Gasteiger partial charge in [0.1, 0.15) is 10.8 Å². The molecule has 0 saturated carbocycles. The molecular weight excluding hydrogens is 459 g/mol. The molecule has 168 valence electrons. The topological polar surface area (TPSA) is 56.3 Å². The third-order valence-corrected chi connectivity index (χ3v) is 5.50. The third-order valence-electron chi connectivity index (χ3n) is 5.22. The molecule has 4 rings (SSSR count). The van der Waals surface area contributed by atoms with E-state index in [1.54, 1.807) is 0 Å². The molecule has 2 aliphatic rings. The van der Waals surface area contributed by atoms with Crippen LogP contribution in [0.25, 0.3) is 11.4 Å². The van der Waals surface area contributed by atoms with Gasteiger partial charge in [0.05, 0.1) is 35.7 Å². The molecule has 0 aromatic carbocycles. The lowest BCUT2D eigenvalue weighted by Crippen LogP contribution is -2.45. The minimum Gasteiger partial charge on any atom is -0.432 e. The highest BCUT2D eigenvalue weighted by atomic mass is 35.5. The summed E-state index contributed by atoms with van der Waals surface area (Å²) in [6, 6.07) is 1.48. The molecule has 1 saturated heterocycles. The molecule has 1 fully saturated rings. The van der Waals surface area contributed by atoms with E-state index in [1.807, 2.05) is 0 Å². The Morgan fingerprint density at radius 1 is 1.19 bits per heavy atom. The number of aromatic nitrogens is 2. The normalized spacial score (nSPS) is 22.7. The third kappa shape index (κ3) is 3.92. The molecule has 1 N–H and O–H groups in total. The maximum absolute atomic E-state index is 14.6. The van der Waals surface area contributed by atoms with Gasteiger partial charge in [0, 0.05) is 12.6 Å². The van der Waals surface area contributed by atoms with Crippen molar-refractivity contribution in [1.82, 2.24) is 15.3 Å². The fourth-order valence-corrected chi connectivity index (χ4v) is 4.10. The van der Waals surface area contributed by atoms with Crippen LogP contribution in [0.15, 0.2) is 18.3 Å². The van der Waals surface area contributed by atoms with Crippen molar-refractivity contribution < 1.29 is 40.2 Å². The second-order valence-corrected chi connectivity index (χ2v) is 7.48. The molecule has 13 heteroatoms. The fraction of sp³-hybridized carbons (Fsp3) is 0.444. The quantitative estimate of drug-likeness (QED) is 0.500. The number of rotatable bonds is 3. The average molecular weight is 472 g/mol. The number of nitrogens with one attached hydrogen (secondary N) is 1. The standard InChI is InChI=1S/C18H13ClF7N3O2/c19-14-12-9(16(6-30-7-28-16)1-2-17(12,22)23)4-10(29-14)13-11(31-15(20)21)3-8(5-27-13)18(24,25)26/h3-5,15,28H,1-2,6-7H2/t16-/m1/s1. The number of hydrogen-bond acceptors (Lipinski definition) is 5. The molecule has 5 nitrogen and oxygen atoms in total. The number of ether oxygens (including phenoxy) is 2. The highest BCUT2D eigenvalue weighted by molar-refractivity contribution is 6.30. The molecule has 0 unspecified atom stereocenters. The Kier molecular flexibility index (Phi) is 5.30. The maximum atomic E-state index is 14.6. The van der Waals surface area contributed by atoms with Gasteiger partial charge in [-0.15, -0.1) is 0 Å². The highest BCUT2D eigenvalue weighted by Crippen LogP contribution is 2.51. The van der Waals surface area contributed by atoms with Crippen molar-refractivity contribution >= 4 is 11.6 Å². The van der Waals surface area contributed by atoms with Crippen molar-refractivity contribution in [2.75, 3.05) is 13.3 Å². The number of hydrogen-bond donors (Lipinski definition) is 1. The monoisotopic (exact) mass is 471 g/mol. The summed E-state index contributed by atoms with van der Waals surface area (Å²) in [6.45, 7) is -3.34. The summed E-state index contributed by atoms with van der Waals surface area (Å²) in [7, 11) is 0. The first-order valence-corrected chi connectivity index (χ1v) is 9.25. The van der Waals surface area contributed by atoms with Crippen molar-refractivity contribution in [3.05, 3.63) is 40.2 Å². The number of pyridine rings is 2. The SMILES string of the molecule is FC(F)Oc1cc(C(F)(F)F)cnc1-c1cc2c(c(Cl)n1)C(F)(F)CC[C@@]21COCN1. The molecule has 3 heterocycles. The van der Waals surface area contributed by atoms with E-state index < -0.39 is 58.4 Å². The Morgan fingerprint density at radius 2 is 1.94 bits per heavy atom. The second kappa shape index (κ2) is 7.45. The Morgan fingerprint density at radius 3 is 2.55 bits per heavy atom. The van der Waals surface area contributed by atoms with Crippen molar-refractivity contribution in [2.45, 2.75) is 37.1 Å². The lowest BCUT2D eigenvalue weighted by Gasteiger charge is -2.38. The van der Waals surface area contributed by atoms with Crippen molar-refractivity contribution in [3.63, 3.8) is 0 Å². The summed E-state index contributed by atoms with van der Waals surface area (Å²) in [5.41, 5.74) is -3.69.